The predicted octanol–water partition coefficient (Wildman–Crippen LogP) is 4.53. The lowest BCUT2D eigenvalue weighted by Crippen LogP contribution is -2.30. The second-order valence-electron chi connectivity index (χ2n) is 6.87. The van der Waals surface area contributed by atoms with Crippen LogP contribution in [0.25, 0.3) is 0 Å². The lowest BCUT2D eigenvalue weighted by molar-refractivity contribution is -0.118. The van der Waals surface area contributed by atoms with E-state index in [9.17, 15) is 4.79 Å². The highest BCUT2D eigenvalue weighted by Crippen LogP contribution is 2.31. The molecule has 0 atom stereocenters. The smallest absolute Gasteiger partial charge is 0.227 e. The maximum absolute atomic E-state index is 13.0. The molecular formula is C23H23NO4. The summed E-state index contributed by atoms with van der Waals surface area (Å²) in [5.74, 6) is 2.32. The number of rotatable bonds is 6. The molecule has 0 saturated heterocycles. The number of carbonyl (C=O) groups excluding carboxylic acids is 1. The minimum absolute atomic E-state index is 0.0511. The van der Waals surface area contributed by atoms with Crippen molar-refractivity contribution in [1.29, 1.82) is 0 Å². The van der Waals surface area contributed by atoms with Gasteiger partial charge in [-0.15, -0.1) is 0 Å². The van der Waals surface area contributed by atoms with Gasteiger partial charge in [0.25, 0.3) is 0 Å². The number of hydrogen-bond donors (Lipinski definition) is 0. The fourth-order valence-electron chi connectivity index (χ4n) is 3.24. The third kappa shape index (κ3) is 4.19. The van der Waals surface area contributed by atoms with Crippen LogP contribution in [0.5, 0.6) is 11.5 Å². The molecule has 1 amide bonds. The molecule has 0 N–H and O–H groups in total. The Morgan fingerprint density at radius 2 is 1.79 bits per heavy atom. The van der Waals surface area contributed by atoms with Gasteiger partial charge in [0.1, 0.15) is 19.0 Å². The van der Waals surface area contributed by atoms with Gasteiger partial charge < -0.3 is 18.8 Å². The summed E-state index contributed by atoms with van der Waals surface area (Å²) < 4.78 is 16.7. The first kappa shape index (κ1) is 18.2. The van der Waals surface area contributed by atoms with E-state index in [1.807, 2.05) is 61.5 Å². The lowest BCUT2D eigenvalue weighted by Gasteiger charge is -2.22. The molecular weight excluding hydrogens is 354 g/mol. The summed E-state index contributed by atoms with van der Waals surface area (Å²) in [6, 6.07) is 17.6. The second kappa shape index (κ2) is 8.21. The molecule has 0 radical (unpaired) electrons. The van der Waals surface area contributed by atoms with Crippen LogP contribution in [0.4, 0.5) is 5.69 Å². The highest BCUT2D eigenvalue weighted by atomic mass is 16.6. The molecule has 0 fully saturated rings. The molecule has 144 valence electrons. The molecule has 0 aliphatic carbocycles. The molecule has 28 heavy (non-hydrogen) atoms. The summed E-state index contributed by atoms with van der Waals surface area (Å²) in [6.45, 7) is 3.57. The highest BCUT2D eigenvalue weighted by Gasteiger charge is 2.18. The average molecular weight is 377 g/mol. The number of ether oxygens (including phenoxy) is 2. The number of hydrogen-bond acceptors (Lipinski definition) is 4. The largest absolute Gasteiger partial charge is 0.486 e. The van der Waals surface area contributed by atoms with Crippen LogP contribution in [0.2, 0.25) is 0 Å². The monoisotopic (exact) mass is 377 g/mol. The molecule has 2 heterocycles. The van der Waals surface area contributed by atoms with Gasteiger partial charge in [-0.25, -0.2) is 0 Å². The van der Waals surface area contributed by atoms with E-state index in [2.05, 4.69) is 0 Å². The van der Waals surface area contributed by atoms with E-state index in [1.165, 1.54) is 0 Å². The predicted molar refractivity (Wildman–Crippen MR) is 107 cm³/mol. The fraction of sp³-hybridized carbons (Fsp3) is 0.261. The van der Waals surface area contributed by atoms with Gasteiger partial charge in [-0.2, -0.15) is 0 Å². The highest BCUT2D eigenvalue weighted by molar-refractivity contribution is 5.93. The van der Waals surface area contributed by atoms with Crippen molar-refractivity contribution in [2.75, 3.05) is 18.1 Å². The number of carbonyl (C=O) groups is 1. The average Bonchev–Trinajstić information content (AvgIpc) is 3.24. The molecule has 0 unspecified atom stereocenters. The first-order valence-electron chi connectivity index (χ1n) is 9.47. The van der Waals surface area contributed by atoms with Crippen molar-refractivity contribution >= 4 is 11.6 Å². The molecule has 1 aromatic heterocycles. The van der Waals surface area contributed by atoms with Gasteiger partial charge in [-0.3, -0.25) is 4.79 Å². The summed E-state index contributed by atoms with van der Waals surface area (Å²) in [6.07, 6.45) is 2.66. The van der Waals surface area contributed by atoms with Crippen molar-refractivity contribution in [3.8, 4) is 11.5 Å². The molecule has 0 spiro atoms. The number of benzene rings is 2. The Labute approximate surface area is 164 Å². The van der Waals surface area contributed by atoms with Crippen LogP contribution in [0.1, 0.15) is 23.3 Å². The SMILES string of the molecule is Cc1ccc(N(Cc2ccco2)C(=O)CCc2ccc3c(c2)OCCO3)cc1. The van der Waals surface area contributed by atoms with Gasteiger partial charge in [0, 0.05) is 12.1 Å². The molecule has 3 aromatic rings. The number of nitrogens with zero attached hydrogens (tertiary/aromatic N) is 1. The molecule has 4 rings (SSSR count). The Hall–Kier alpha value is -3.21. The maximum atomic E-state index is 13.0. The topological polar surface area (TPSA) is 51.9 Å². The number of furan rings is 1. The molecule has 5 heteroatoms. The molecule has 1 aliphatic heterocycles. The van der Waals surface area contributed by atoms with Crippen LogP contribution >= 0.6 is 0 Å². The van der Waals surface area contributed by atoms with E-state index in [4.69, 9.17) is 13.9 Å². The molecule has 1 aliphatic rings. The van der Waals surface area contributed by atoms with Gasteiger partial charge in [0.2, 0.25) is 5.91 Å². The van der Waals surface area contributed by atoms with E-state index in [0.29, 0.717) is 32.6 Å². The third-order valence-electron chi connectivity index (χ3n) is 4.77. The van der Waals surface area contributed by atoms with Crippen LogP contribution in [0.15, 0.2) is 65.3 Å². The summed E-state index contributed by atoms with van der Waals surface area (Å²) in [7, 11) is 0. The van der Waals surface area contributed by atoms with Gasteiger partial charge >= 0.3 is 0 Å². The minimum Gasteiger partial charge on any atom is -0.486 e. The Morgan fingerprint density at radius 3 is 2.54 bits per heavy atom. The Balaban J connectivity index is 1.48. The van der Waals surface area contributed by atoms with E-state index in [0.717, 1.165) is 34.1 Å². The zero-order chi connectivity index (χ0) is 19.3. The van der Waals surface area contributed by atoms with Crippen molar-refractivity contribution in [2.45, 2.75) is 26.3 Å². The van der Waals surface area contributed by atoms with Gasteiger partial charge in [0.15, 0.2) is 11.5 Å². The van der Waals surface area contributed by atoms with Crippen LogP contribution in [-0.2, 0) is 17.8 Å². The minimum atomic E-state index is 0.0511. The number of anilines is 1. The summed E-state index contributed by atoms with van der Waals surface area (Å²) in [4.78, 5) is 14.8. The second-order valence-corrected chi connectivity index (χ2v) is 6.87. The van der Waals surface area contributed by atoms with Gasteiger partial charge in [-0.05, 0) is 55.3 Å². The summed E-state index contributed by atoms with van der Waals surface area (Å²) in [5.41, 5.74) is 3.08. The van der Waals surface area contributed by atoms with Gasteiger partial charge in [-0.1, -0.05) is 23.8 Å². The van der Waals surface area contributed by atoms with Crippen molar-refractivity contribution in [2.24, 2.45) is 0 Å². The van der Waals surface area contributed by atoms with Crippen molar-refractivity contribution in [3.63, 3.8) is 0 Å². The van der Waals surface area contributed by atoms with Crippen molar-refractivity contribution in [3.05, 3.63) is 77.7 Å². The van der Waals surface area contributed by atoms with E-state index in [1.54, 1.807) is 11.2 Å². The van der Waals surface area contributed by atoms with Crippen LogP contribution in [-0.4, -0.2) is 19.1 Å². The van der Waals surface area contributed by atoms with E-state index in [-0.39, 0.29) is 5.91 Å². The van der Waals surface area contributed by atoms with Gasteiger partial charge in [0.05, 0.1) is 12.8 Å². The van der Waals surface area contributed by atoms with Crippen molar-refractivity contribution in [1.82, 2.24) is 0 Å². The Morgan fingerprint density at radius 1 is 1.00 bits per heavy atom. The van der Waals surface area contributed by atoms with E-state index < -0.39 is 0 Å². The lowest BCUT2D eigenvalue weighted by atomic mass is 10.1. The summed E-state index contributed by atoms with van der Waals surface area (Å²) in [5, 5.41) is 0. The first-order chi connectivity index (χ1) is 13.7. The fourth-order valence-corrected chi connectivity index (χ4v) is 3.24. The first-order valence-corrected chi connectivity index (χ1v) is 9.47. The zero-order valence-corrected chi connectivity index (χ0v) is 15.9. The van der Waals surface area contributed by atoms with Crippen molar-refractivity contribution < 1.29 is 18.7 Å². The maximum Gasteiger partial charge on any atom is 0.227 e. The molecule has 0 saturated carbocycles. The van der Waals surface area contributed by atoms with Crippen LogP contribution < -0.4 is 14.4 Å². The third-order valence-corrected chi connectivity index (χ3v) is 4.77. The summed E-state index contributed by atoms with van der Waals surface area (Å²) >= 11 is 0. The van der Waals surface area contributed by atoms with E-state index >= 15 is 0 Å². The quantitative estimate of drug-likeness (QED) is 0.634. The Kier molecular flexibility index (Phi) is 5.33. The number of aryl methyl sites for hydroxylation is 2. The zero-order valence-electron chi connectivity index (χ0n) is 15.9. The number of fused-ring (bicyclic) bond motifs is 1. The molecule has 5 nitrogen and oxygen atoms in total. The normalized spacial score (nSPS) is 12.6. The van der Waals surface area contributed by atoms with Crippen LogP contribution in [0, 0.1) is 6.92 Å². The molecule has 2 aromatic carbocycles. The molecule has 0 bridgehead atoms. The number of amides is 1. The standard InChI is InChI=1S/C23H23NO4/c1-17-4-8-19(9-5-17)24(16-20-3-2-12-26-20)23(25)11-7-18-6-10-21-22(15-18)28-14-13-27-21/h2-6,8-10,12,15H,7,11,13-14,16H2,1H3. The van der Waals surface area contributed by atoms with Crippen LogP contribution in [0.3, 0.4) is 0 Å². The Bertz CT molecular complexity index is 932.